The van der Waals surface area contributed by atoms with Crippen LogP contribution in [0.2, 0.25) is 0 Å². The highest BCUT2D eigenvalue weighted by Gasteiger charge is 2.59. The van der Waals surface area contributed by atoms with E-state index in [4.69, 9.17) is 0 Å². The number of rotatable bonds is 2. The summed E-state index contributed by atoms with van der Waals surface area (Å²) in [6.07, 6.45) is 3.34. The van der Waals surface area contributed by atoms with Crippen LogP contribution in [0.3, 0.4) is 0 Å². The number of anilines is 1. The van der Waals surface area contributed by atoms with E-state index in [1.807, 2.05) is 0 Å². The third-order valence-electron chi connectivity index (χ3n) is 5.44. The quantitative estimate of drug-likeness (QED) is 0.826. The first-order valence-corrected chi connectivity index (χ1v) is 7.02. The van der Waals surface area contributed by atoms with Gasteiger partial charge in [-0.3, -0.25) is 0 Å². The molecule has 0 radical (unpaired) electrons. The van der Waals surface area contributed by atoms with E-state index in [0.717, 1.165) is 12.8 Å². The van der Waals surface area contributed by atoms with Gasteiger partial charge in [-0.25, -0.2) is 8.78 Å². The topological polar surface area (TPSA) is 24.9 Å². The minimum absolute atomic E-state index is 0.00795. The number of nitrogens with zero attached hydrogens (tertiary/aromatic N) is 1. The summed E-state index contributed by atoms with van der Waals surface area (Å²) in [5.41, 5.74) is 0.0547. The van der Waals surface area contributed by atoms with Gasteiger partial charge in [0.05, 0.1) is 0 Å². The molecule has 3 rings (SSSR count). The highest BCUT2D eigenvalue weighted by molar-refractivity contribution is 5.40. The Hall–Kier alpha value is -1.26. The van der Waals surface area contributed by atoms with Gasteiger partial charge < -0.3 is 5.32 Å². The smallest absolute Gasteiger partial charge is 0.251 e. The minimum atomic E-state index is -1.26. The zero-order valence-corrected chi connectivity index (χ0v) is 11.9. The number of aromatic nitrogens is 1. The zero-order valence-electron chi connectivity index (χ0n) is 11.9. The normalized spacial score (nSPS) is 34.5. The lowest BCUT2D eigenvalue weighted by Gasteiger charge is -2.43. The SMILES string of the molecule is CC12CCC(C1)C(C)(C)C2Nc1nc(F)c(F)cc1F. The lowest BCUT2D eigenvalue weighted by Crippen LogP contribution is -2.46. The fraction of sp³-hybridized carbons (Fsp3) is 0.667. The summed E-state index contributed by atoms with van der Waals surface area (Å²) >= 11 is 0. The van der Waals surface area contributed by atoms with Crippen molar-refractivity contribution in [1.82, 2.24) is 4.98 Å². The fourth-order valence-corrected chi connectivity index (χ4v) is 4.34. The molecule has 3 unspecified atom stereocenters. The van der Waals surface area contributed by atoms with Gasteiger partial charge in [0, 0.05) is 12.1 Å². The van der Waals surface area contributed by atoms with E-state index in [0.29, 0.717) is 12.0 Å². The molecule has 2 bridgehead atoms. The lowest BCUT2D eigenvalue weighted by atomic mass is 9.68. The van der Waals surface area contributed by atoms with Crippen molar-refractivity contribution in [2.24, 2.45) is 16.7 Å². The van der Waals surface area contributed by atoms with E-state index >= 15 is 0 Å². The van der Waals surface area contributed by atoms with Gasteiger partial charge in [-0.15, -0.1) is 0 Å². The third-order valence-corrected chi connectivity index (χ3v) is 5.44. The summed E-state index contributed by atoms with van der Waals surface area (Å²) in [6.45, 7) is 6.48. The van der Waals surface area contributed by atoms with E-state index < -0.39 is 17.6 Å². The summed E-state index contributed by atoms with van der Waals surface area (Å²) in [7, 11) is 0. The van der Waals surface area contributed by atoms with Crippen LogP contribution in [0.15, 0.2) is 6.07 Å². The highest BCUT2D eigenvalue weighted by Crippen LogP contribution is 2.63. The van der Waals surface area contributed by atoms with Gasteiger partial charge in [-0.1, -0.05) is 20.8 Å². The number of hydrogen-bond donors (Lipinski definition) is 1. The molecule has 110 valence electrons. The van der Waals surface area contributed by atoms with Crippen LogP contribution in [0, 0.1) is 34.3 Å². The first-order valence-electron chi connectivity index (χ1n) is 7.02. The Labute approximate surface area is 116 Å². The summed E-state index contributed by atoms with van der Waals surface area (Å²) < 4.78 is 39.9. The fourth-order valence-electron chi connectivity index (χ4n) is 4.34. The van der Waals surface area contributed by atoms with Crippen molar-refractivity contribution >= 4 is 5.82 Å². The van der Waals surface area contributed by atoms with Crippen molar-refractivity contribution in [1.29, 1.82) is 0 Å². The second-order valence-corrected chi connectivity index (χ2v) is 7.08. The van der Waals surface area contributed by atoms with Gasteiger partial charge in [0.25, 0.3) is 5.95 Å². The van der Waals surface area contributed by atoms with Crippen LogP contribution < -0.4 is 5.32 Å². The molecular weight excluding hydrogens is 265 g/mol. The Morgan fingerprint density at radius 1 is 1.20 bits per heavy atom. The standard InChI is InChI=1S/C15H19F3N2/c1-14(2)8-4-5-15(3,7-8)13(14)20-12-10(17)6-9(16)11(18)19-12/h6,8,13H,4-5,7H2,1-3H3,(H,19,20). The van der Waals surface area contributed by atoms with Crippen molar-refractivity contribution < 1.29 is 13.2 Å². The van der Waals surface area contributed by atoms with E-state index in [2.05, 4.69) is 31.1 Å². The molecule has 1 heterocycles. The first kappa shape index (κ1) is 13.7. The molecule has 0 spiro atoms. The molecule has 0 aromatic carbocycles. The molecule has 0 amide bonds. The van der Waals surface area contributed by atoms with Crippen molar-refractivity contribution in [2.75, 3.05) is 5.32 Å². The molecule has 0 saturated heterocycles. The minimum Gasteiger partial charge on any atom is -0.364 e. The molecule has 3 atom stereocenters. The molecule has 2 aliphatic carbocycles. The van der Waals surface area contributed by atoms with E-state index in [1.54, 1.807) is 0 Å². The highest BCUT2D eigenvalue weighted by atomic mass is 19.2. The lowest BCUT2D eigenvalue weighted by molar-refractivity contribution is 0.154. The van der Waals surface area contributed by atoms with Gasteiger partial charge in [-0.2, -0.15) is 9.37 Å². The molecule has 2 aliphatic rings. The van der Waals surface area contributed by atoms with Crippen LogP contribution in [0.5, 0.6) is 0 Å². The van der Waals surface area contributed by atoms with Crippen molar-refractivity contribution in [3.05, 3.63) is 23.6 Å². The summed E-state index contributed by atoms with van der Waals surface area (Å²) in [6, 6.07) is 0.563. The molecule has 2 saturated carbocycles. The molecule has 5 heteroatoms. The number of pyridine rings is 1. The maximum absolute atomic E-state index is 13.8. The molecule has 1 aromatic rings. The van der Waals surface area contributed by atoms with Crippen molar-refractivity contribution in [3.63, 3.8) is 0 Å². The third kappa shape index (κ3) is 1.82. The Bertz CT molecular complexity index is 554. The van der Waals surface area contributed by atoms with Crippen LogP contribution >= 0.6 is 0 Å². The van der Waals surface area contributed by atoms with Gasteiger partial charge in [0.2, 0.25) is 0 Å². The van der Waals surface area contributed by atoms with Gasteiger partial charge in [-0.05, 0) is 36.0 Å². The van der Waals surface area contributed by atoms with Crippen molar-refractivity contribution in [2.45, 2.75) is 46.1 Å². The van der Waals surface area contributed by atoms with Crippen LogP contribution in [-0.4, -0.2) is 11.0 Å². The van der Waals surface area contributed by atoms with E-state index in [9.17, 15) is 13.2 Å². The predicted molar refractivity (Wildman–Crippen MR) is 70.8 cm³/mol. The van der Waals surface area contributed by atoms with Crippen molar-refractivity contribution in [3.8, 4) is 0 Å². The maximum atomic E-state index is 13.8. The number of nitrogens with one attached hydrogen (secondary N) is 1. The molecule has 1 N–H and O–H groups in total. The second-order valence-electron chi connectivity index (χ2n) is 7.08. The van der Waals surface area contributed by atoms with Crippen LogP contribution in [-0.2, 0) is 0 Å². The van der Waals surface area contributed by atoms with Gasteiger partial charge in [0.15, 0.2) is 17.5 Å². The van der Waals surface area contributed by atoms with Gasteiger partial charge >= 0.3 is 0 Å². The summed E-state index contributed by atoms with van der Waals surface area (Å²) in [5.74, 6) is -2.97. The molecule has 1 aromatic heterocycles. The molecular formula is C15H19F3N2. The number of hydrogen-bond acceptors (Lipinski definition) is 2. The molecule has 0 aliphatic heterocycles. The Kier molecular flexibility index (Phi) is 2.82. The average molecular weight is 284 g/mol. The largest absolute Gasteiger partial charge is 0.364 e. The van der Waals surface area contributed by atoms with Crippen LogP contribution in [0.4, 0.5) is 19.0 Å². The first-order chi connectivity index (χ1) is 9.24. The number of halogens is 3. The molecule has 2 fully saturated rings. The van der Waals surface area contributed by atoms with Crippen LogP contribution in [0.1, 0.15) is 40.0 Å². The molecule has 2 nitrogen and oxygen atoms in total. The van der Waals surface area contributed by atoms with E-state index in [1.165, 1.54) is 6.42 Å². The maximum Gasteiger partial charge on any atom is 0.251 e. The monoisotopic (exact) mass is 284 g/mol. The predicted octanol–water partition coefficient (Wildman–Crippen LogP) is 4.13. The van der Waals surface area contributed by atoms with E-state index in [-0.39, 0.29) is 22.7 Å². The Balaban J connectivity index is 1.93. The zero-order chi connectivity index (χ0) is 14.7. The second kappa shape index (κ2) is 4.12. The van der Waals surface area contributed by atoms with Gasteiger partial charge in [0.1, 0.15) is 0 Å². The Morgan fingerprint density at radius 3 is 2.50 bits per heavy atom. The summed E-state index contributed by atoms with van der Waals surface area (Å²) in [5, 5.41) is 3.05. The number of fused-ring (bicyclic) bond motifs is 2. The Morgan fingerprint density at radius 2 is 1.90 bits per heavy atom. The average Bonchev–Trinajstić information content (AvgIpc) is 2.82. The molecule has 20 heavy (non-hydrogen) atoms. The van der Waals surface area contributed by atoms with Crippen LogP contribution in [0.25, 0.3) is 0 Å². The summed E-state index contributed by atoms with van der Waals surface area (Å²) in [4.78, 5) is 3.39.